The van der Waals surface area contributed by atoms with Gasteiger partial charge in [-0.1, -0.05) is 54.1 Å². The minimum absolute atomic E-state index is 1.21. The SMILES string of the molecule is C1=CC2=C(CC1)CCc1c2ccc2ccccc12.c1cn[nH]c1. The van der Waals surface area contributed by atoms with E-state index in [0.717, 1.165) is 0 Å². The van der Waals surface area contributed by atoms with Crippen LogP contribution in [0.1, 0.15) is 30.4 Å². The molecule has 114 valence electrons. The minimum Gasteiger partial charge on any atom is -0.286 e. The van der Waals surface area contributed by atoms with Crippen LogP contribution in [0.25, 0.3) is 16.3 Å². The number of hydrogen-bond acceptors (Lipinski definition) is 1. The van der Waals surface area contributed by atoms with E-state index >= 15 is 0 Å². The van der Waals surface area contributed by atoms with Crippen molar-refractivity contribution in [1.29, 1.82) is 0 Å². The summed E-state index contributed by atoms with van der Waals surface area (Å²) in [5.74, 6) is 0. The van der Waals surface area contributed by atoms with Gasteiger partial charge in [-0.25, -0.2) is 0 Å². The fraction of sp³-hybridized carbons (Fsp3) is 0.190. The van der Waals surface area contributed by atoms with Crippen molar-refractivity contribution in [3.8, 4) is 0 Å². The molecule has 2 aliphatic rings. The van der Waals surface area contributed by atoms with Crippen LogP contribution in [-0.2, 0) is 6.42 Å². The summed E-state index contributed by atoms with van der Waals surface area (Å²) >= 11 is 0. The molecule has 2 heteroatoms. The number of aromatic nitrogens is 2. The Morgan fingerprint density at radius 3 is 2.70 bits per heavy atom. The summed E-state index contributed by atoms with van der Waals surface area (Å²) in [5.41, 5.74) is 6.21. The number of nitrogens with zero attached hydrogens (tertiary/aromatic N) is 1. The van der Waals surface area contributed by atoms with Crippen LogP contribution in [0.3, 0.4) is 0 Å². The first-order chi connectivity index (χ1) is 11.4. The van der Waals surface area contributed by atoms with Gasteiger partial charge < -0.3 is 0 Å². The molecule has 2 aromatic carbocycles. The van der Waals surface area contributed by atoms with E-state index in [2.05, 4.69) is 58.7 Å². The summed E-state index contributed by atoms with van der Waals surface area (Å²) in [7, 11) is 0. The van der Waals surface area contributed by atoms with E-state index in [0.29, 0.717) is 0 Å². The Morgan fingerprint density at radius 1 is 0.913 bits per heavy atom. The first-order valence-electron chi connectivity index (χ1n) is 8.27. The highest BCUT2D eigenvalue weighted by Crippen LogP contribution is 2.39. The van der Waals surface area contributed by atoms with E-state index in [4.69, 9.17) is 0 Å². The standard InChI is InChI=1S/C18H16.C3H4N2/c1-3-7-15-13(5-1)9-11-18-16-8-4-2-6-14(16)10-12-17(15)18;1-2-4-5-3-1/h1,3-5,7-9,11H,2,6,10,12H2;1-3H,(H,4,5). The maximum Gasteiger partial charge on any atom is 0.0487 e. The molecule has 0 radical (unpaired) electrons. The molecule has 0 amide bonds. The second kappa shape index (κ2) is 6.25. The molecule has 0 saturated heterocycles. The van der Waals surface area contributed by atoms with Crippen molar-refractivity contribution in [2.45, 2.75) is 25.7 Å². The van der Waals surface area contributed by atoms with Gasteiger partial charge in [-0.2, -0.15) is 5.10 Å². The fourth-order valence-electron chi connectivity index (χ4n) is 3.60. The Balaban J connectivity index is 0.000000233. The number of benzene rings is 2. The molecule has 0 fully saturated rings. The second-order valence-corrected chi connectivity index (χ2v) is 6.04. The van der Waals surface area contributed by atoms with Crippen LogP contribution < -0.4 is 0 Å². The molecule has 5 rings (SSSR count). The smallest absolute Gasteiger partial charge is 0.0487 e. The fourth-order valence-corrected chi connectivity index (χ4v) is 3.60. The molecule has 23 heavy (non-hydrogen) atoms. The Hall–Kier alpha value is -2.61. The first-order valence-corrected chi connectivity index (χ1v) is 8.27. The molecule has 2 aliphatic carbocycles. The predicted molar refractivity (Wildman–Crippen MR) is 96.2 cm³/mol. The van der Waals surface area contributed by atoms with Crippen LogP contribution in [0.15, 0.2) is 72.6 Å². The Morgan fingerprint density at radius 2 is 1.87 bits per heavy atom. The highest BCUT2D eigenvalue weighted by Gasteiger charge is 2.20. The molecule has 0 atom stereocenters. The van der Waals surface area contributed by atoms with Crippen molar-refractivity contribution >= 4 is 16.3 Å². The maximum absolute atomic E-state index is 3.60. The molecule has 2 nitrogen and oxygen atoms in total. The lowest BCUT2D eigenvalue weighted by molar-refractivity contribution is 0.831. The van der Waals surface area contributed by atoms with E-state index in [9.17, 15) is 0 Å². The van der Waals surface area contributed by atoms with Gasteiger partial charge in [0.05, 0.1) is 0 Å². The summed E-state index contributed by atoms with van der Waals surface area (Å²) in [6, 6.07) is 15.2. The van der Waals surface area contributed by atoms with Crippen LogP contribution >= 0.6 is 0 Å². The monoisotopic (exact) mass is 300 g/mol. The van der Waals surface area contributed by atoms with Crippen LogP contribution in [0.4, 0.5) is 0 Å². The van der Waals surface area contributed by atoms with E-state index in [-0.39, 0.29) is 0 Å². The lowest BCUT2D eigenvalue weighted by Gasteiger charge is -2.25. The number of allylic oxidation sites excluding steroid dienone is 4. The Bertz CT molecular complexity index is 853. The second-order valence-electron chi connectivity index (χ2n) is 6.04. The van der Waals surface area contributed by atoms with E-state index in [1.165, 1.54) is 47.6 Å². The Kier molecular flexibility index (Phi) is 3.81. The van der Waals surface area contributed by atoms with Crippen LogP contribution in [-0.4, -0.2) is 10.2 Å². The van der Waals surface area contributed by atoms with Gasteiger partial charge in [-0.3, -0.25) is 5.10 Å². The molecule has 1 N–H and O–H groups in total. The molecule has 0 spiro atoms. The third kappa shape index (κ3) is 2.72. The third-order valence-corrected chi connectivity index (χ3v) is 4.69. The van der Waals surface area contributed by atoms with Gasteiger partial charge in [0.1, 0.15) is 0 Å². The number of aryl methyl sites for hydroxylation is 1. The third-order valence-electron chi connectivity index (χ3n) is 4.69. The number of rotatable bonds is 0. The summed E-state index contributed by atoms with van der Waals surface area (Å²) < 4.78 is 0. The number of hydrogen-bond donors (Lipinski definition) is 1. The maximum atomic E-state index is 3.60. The van der Waals surface area contributed by atoms with Gasteiger partial charge in [0.2, 0.25) is 0 Å². The molecule has 1 aromatic heterocycles. The van der Waals surface area contributed by atoms with E-state index < -0.39 is 0 Å². The molecule has 1 heterocycles. The molecular formula is C21H20N2. The molecule has 0 bridgehead atoms. The van der Waals surface area contributed by atoms with Crippen molar-refractivity contribution in [2.24, 2.45) is 0 Å². The van der Waals surface area contributed by atoms with Gasteiger partial charge in [-0.15, -0.1) is 0 Å². The van der Waals surface area contributed by atoms with Crippen LogP contribution in [0.2, 0.25) is 0 Å². The topological polar surface area (TPSA) is 28.7 Å². The zero-order valence-corrected chi connectivity index (χ0v) is 13.1. The van der Waals surface area contributed by atoms with Gasteiger partial charge in [0.15, 0.2) is 0 Å². The number of H-pyrrole nitrogens is 1. The van der Waals surface area contributed by atoms with Crippen molar-refractivity contribution in [3.05, 3.63) is 83.7 Å². The number of aromatic amines is 1. The molecule has 0 unspecified atom stereocenters. The highest BCUT2D eigenvalue weighted by molar-refractivity contribution is 5.93. The average Bonchev–Trinajstić information content (AvgIpc) is 3.21. The lowest BCUT2D eigenvalue weighted by atomic mass is 9.80. The largest absolute Gasteiger partial charge is 0.286 e. The molecule has 0 aliphatic heterocycles. The van der Waals surface area contributed by atoms with Crippen molar-refractivity contribution in [3.63, 3.8) is 0 Å². The number of nitrogens with one attached hydrogen (secondary N) is 1. The zero-order chi connectivity index (χ0) is 15.5. The van der Waals surface area contributed by atoms with E-state index in [1.807, 2.05) is 6.07 Å². The summed E-state index contributed by atoms with van der Waals surface area (Å²) in [4.78, 5) is 0. The molecule has 3 aromatic rings. The Labute approximate surface area is 136 Å². The predicted octanol–water partition coefficient (Wildman–Crippen LogP) is 5.30. The minimum atomic E-state index is 1.21. The van der Waals surface area contributed by atoms with Gasteiger partial charge in [0.25, 0.3) is 0 Å². The van der Waals surface area contributed by atoms with Gasteiger partial charge >= 0.3 is 0 Å². The molecule has 0 saturated carbocycles. The lowest BCUT2D eigenvalue weighted by Crippen LogP contribution is -2.06. The van der Waals surface area contributed by atoms with Crippen molar-refractivity contribution in [2.75, 3.05) is 0 Å². The van der Waals surface area contributed by atoms with Gasteiger partial charge in [-0.05, 0) is 59.2 Å². The van der Waals surface area contributed by atoms with Gasteiger partial charge in [0, 0.05) is 12.4 Å². The van der Waals surface area contributed by atoms with Crippen molar-refractivity contribution in [1.82, 2.24) is 10.2 Å². The van der Waals surface area contributed by atoms with Crippen LogP contribution in [0, 0.1) is 0 Å². The summed E-state index contributed by atoms with van der Waals surface area (Å²) in [6.45, 7) is 0. The van der Waals surface area contributed by atoms with Crippen molar-refractivity contribution < 1.29 is 0 Å². The molecular weight excluding hydrogens is 280 g/mol. The first kappa shape index (κ1) is 14.0. The number of fused-ring (bicyclic) bond motifs is 4. The average molecular weight is 300 g/mol. The highest BCUT2D eigenvalue weighted by atomic mass is 15.1. The summed E-state index contributed by atoms with van der Waals surface area (Å²) in [5, 5.41) is 9.03. The van der Waals surface area contributed by atoms with E-state index in [1.54, 1.807) is 23.5 Å². The summed E-state index contributed by atoms with van der Waals surface area (Å²) in [6.07, 6.45) is 13.1. The zero-order valence-electron chi connectivity index (χ0n) is 13.1. The quantitative estimate of drug-likeness (QED) is 0.599. The van der Waals surface area contributed by atoms with Crippen LogP contribution in [0.5, 0.6) is 0 Å². The normalized spacial score (nSPS) is 15.7.